The van der Waals surface area contributed by atoms with Crippen LogP contribution in [0.2, 0.25) is 0 Å². The van der Waals surface area contributed by atoms with Crippen LogP contribution in [0.4, 0.5) is 5.82 Å². The van der Waals surface area contributed by atoms with Crippen LogP contribution in [0.1, 0.15) is 12.5 Å². The molecule has 3 nitrogen and oxygen atoms in total. The summed E-state index contributed by atoms with van der Waals surface area (Å²) in [5, 5.41) is 6.64. The Morgan fingerprint density at radius 3 is 2.75 bits per heavy atom. The van der Waals surface area contributed by atoms with Crippen LogP contribution in [0.15, 0.2) is 35.4 Å². The predicted octanol–water partition coefficient (Wildman–Crippen LogP) is 3.45. The average Bonchev–Trinajstić information content (AvgIpc) is 2.63. The molecule has 0 radical (unpaired) electrons. The zero-order chi connectivity index (χ0) is 11.7. The Kier molecular flexibility index (Phi) is 2.83. The Labute approximate surface area is 102 Å². The quantitative estimate of drug-likeness (QED) is 0.883. The van der Waals surface area contributed by atoms with Gasteiger partial charge in [-0.3, -0.25) is 5.10 Å². The van der Waals surface area contributed by atoms with Gasteiger partial charge in [-0.2, -0.15) is 5.10 Å². The van der Waals surface area contributed by atoms with E-state index in [0.717, 1.165) is 26.7 Å². The number of allylic oxidation sites excluding steroid dienone is 1. The van der Waals surface area contributed by atoms with Gasteiger partial charge in [-0.25, -0.2) is 0 Å². The zero-order valence-electron chi connectivity index (χ0n) is 8.92. The summed E-state index contributed by atoms with van der Waals surface area (Å²) in [7, 11) is 0. The van der Waals surface area contributed by atoms with Crippen molar-refractivity contribution in [3.8, 4) is 11.1 Å². The molecule has 16 heavy (non-hydrogen) atoms. The number of aromatic amines is 1. The highest BCUT2D eigenvalue weighted by atomic mass is 79.9. The molecular weight excluding hydrogens is 266 g/mol. The summed E-state index contributed by atoms with van der Waals surface area (Å²) in [6, 6.07) is 6.09. The minimum Gasteiger partial charge on any atom is -0.384 e. The molecule has 3 N–H and O–H groups in total. The van der Waals surface area contributed by atoms with Crippen molar-refractivity contribution in [1.82, 2.24) is 10.2 Å². The summed E-state index contributed by atoms with van der Waals surface area (Å²) < 4.78 is 1.00. The van der Waals surface area contributed by atoms with Crippen LogP contribution in [0.25, 0.3) is 16.7 Å². The molecule has 0 bridgehead atoms. The van der Waals surface area contributed by atoms with Gasteiger partial charge in [-0.1, -0.05) is 28.1 Å². The van der Waals surface area contributed by atoms with E-state index >= 15 is 0 Å². The standard InChI is InChI=1S/C12H12BrN3/c1-7(2)8-3-9(5-10(13)4-8)11-6-15-16-12(11)14/h3-6H,1H2,2H3,(H3,14,15,16). The highest BCUT2D eigenvalue weighted by molar-refractivity contribution is 9.10. The van der Waals surface area contributed by atoms with E-state index in [-0.39, 0.29) is 0 Å². The van der Waals surface area contributed by atoms with Gasteiger partial charge in [-0.15, -0.1) is 0 Å². The maximum absolute atomic E-state index is 5.79. The van der Waals surface area contributed by atoms with Crippen molar-refractivity contribution in [3.05, 3.63) is 41.0 Å². The number of hydrogen-bond donors (Lipinski definition) is 2. The fraction of sp³-hybridized carbons (Fsp3) is 0.0833. The third-order valence-electron chi connectivity index (χ3n) is 2.37. The van der Waals surface area contributed by atoms with Crippen molar-refractivity contribution >= 4 is 27.3 Å². The number of rotatable bonds is 2. The molecule has 2 rings (SSSR count). The first-order chi connectivity index (χ1) is 7.58. The first-order valence-corrected chi connectivity index (χ1v) is 5.63. The number of anilines is 1. The Bertz CT molecular complexity index is 543. The summed E-state index contributed by atoms with van der Waals surface area (Å²) >= 11 is 3.48. The first kappa shape index (κ1) is 11.0. The SMILES string of the molecule is C=C(C)c1cc(Br)cc(-c2cn[nH]c2N)c1. The van der Waals surface area contributed by atoms with E-state index in [0.29, 0.717) is 5.82 Å². The topological polar surface area (TPSA) is 54.7 Å². The minimum atomic E-state index is 0.575. The van der Waals surface area contributed by atoms with Crippen LogP contribution in [-0.2, 0) is 0 Å². The number of benzene rings is 1. The molecule has 1 aromatic heterocycles. The van der Waals surface area contributed by atoms with Gasteiger partial charge in [0, 0.05) is 10.0 Å². The van der Waals surface area contributed by atoms with Crippen LogP contribution in [-0.4, -0.2) is 10.2 Å². The Hall–Kier alpha value is -1.55. The summed E-state index contributed by atoms with van der Waals surface area (Å²) in [6.07, 6.45) is 1.72. The molecule has 0 aliphatic carbocycles. The number of nitrogens with zero attached hydrogens (tertiary/aromatic N) is 1. The highest BCUT2D eigenvalue weighted by Gasteiger charge is 2.07. The second kappa shape index (κ2) is 4.14. The van der Waals surface area contributed by atoms with E-state index < -0.39 is 0 Å². The number of nitrogens with two attached hydrogens (primary N) is 1. The molecule has 2 aromatic rings. The molecule has 1 aromatic carbocycles. The largest absolute Gasteiger partial charge is 0.384 e. The average molecular weight is 278 g/mol. The van der Waals surface area contributed by atoms with Crippen molar-refractivity contribution in [2.24, 2.45) is 0 Å². The molecular formula is C12H12BrN3. The summed E-state index contributed by atoms with van der Waals surface area (Å²) in [5.41, 5.74) is 9.83. The molecule has 0 aliphatic heterocycles. The summed E-state index contributed by atoms with van der Waals surface area (Å²) in [4.78, 5) is 0. The fourth-order valence-corrected chi connectivity index (χ4v) is 2.01. The third-order valence-corrected chi connectivity index (χ3v) is 2.83. The van der Waals surface area contributed by atoms with Crippen LogP contribution in [0.5, 0.6) is 0 Å². The van der Waals surface area contributed by atoms with Gasteiger partial charge in [0.25, 0.3) is 0 Å². The summed E-state index contributed by atoms with van der Waals surface area (Å²) in [5.74, 6) is 0.575. The highest BCUT2D eigenvalue weighted by Crippen LogP contribution is 2.29. The lowest BCUT2D eigenvalue weighted by Gasteiger charge is -2.05. The first-order valence-electron chi connectivity index (χ1n) is 4.83. The molecule has 0 saturated carbocycles. The van der Waals surface area contributed by atoms with E-state index in [9.17, 15) is 0 Å². The number of hydrogen-bond acceptors (Lipinski definition) is 2. The lowest BCUT2D eigenvalue weighted by atomic mass is 10.0. The number of aromatic nitrogens is 2. The van der Waals surface area contributed by atoms with Crippen molar-refractivity contribution in [2.45, 2.75) is 6.92 Å². The molecule has 4 heteroatoms. The Morgan fingerprint density at radius 2 is 2.19 bits per heavy atom. The van der Waals surface area contributed by atoms with Crippen LogP contribution in [0.3, 0.4) is 0 Å². The van der Waals surface area contributed by atoms with Gasteiger partial charge in [0.2, 0.25) is 0 Å². The van der Waals surface area contributed by atoms with E-state index in [1.807, 2.05) is 25.1 Å². The van der Waals surface area contributed by atoms with E-state index in [4.69, 9.17) is 5.73 Å². The number of nitrogens with one attached hydrogen (secondary N) is 1. The molecule has 82 valence electrons. The lowest BCUT2D eigenvalue weighted by molar-refractivity contribution is 1.10. The Morgan fingerprint density at radius 1 is 1.44 bits per heavy atom. The van der Waals surface area contributed by atoms with Crippen molar-refractivity contribution in [2.75, 3.05) is 5.73 Å². The molecule has 0 spiro atoms. The Balaban J connectivity index is 2.58. The molecule has 0 fully saturated rings. The summed E-state index contributed by atoms with van der Waals surface area (Å²) in [6.45, 7) is 5.91. The second-order valence-corrected chi connectivity index (χ2v) is 4.62. The monoisotopic (exact) mass is 277 g/mol. The minimum absolute atomic E-state index is 0.575. The van der Waals surface area contributed by atoms with Gasteiger partial charge in [-0.05, 0) is 36.2 Å². The molecule has 0 amide bonds. The number of halogens is 1. The number of nitrogen functional groups attached to an aromatic ring is 1. The molecule has 0 saturated heterocycles. The van der Waals surface area contributed by atoms with E-state index in [1.54, 1.807) is 6.20 Å². The van der Waals surface area contributed by atoms with Gasteiger partial charge in [0.1, 0.15) is 5.82 Å². The van der Waals surface area contributed by atoms with Crippen LogP contribution in [0, 0.1) is 0 Å². The predicted molar refractivity (Wildman–Crippen MR) is 70.8 cm³/mol. The second-order valence-electron chi connectivity index (χ2n) is 3.71. The van der Waals surface area contributed by atoms with Gasteiger partial charge < -0.3 is 5.73 Å². The van der Waals surface area contributed by atoms with Crippen molar-refractivity contribution < 1.29 is 0 Å². The van der Waals surface area contributed by atoms with Crippen molar-refractivity contribution in [3.63, 3.8) is 0 Å². The maximum atomic E-state index is 5.79. The molecule has 0 atom stereocenters. The van der Waals surface area contributed by atoms with Gasteiger partial charge >= 0.3 is 0 Å². The normalized spacial score (nSPS) is 10.4. The van der Waals surface area contributed by atoms with Crippen molar-refractivity contribution in [1.29, 1.82) is 0 Å². The van der Waals surface area contributed by atoms with Gasteiger partial charge in [0.05, 0.1) is 6.20 Å². The fourth-order valence-electron chi connectivity index (χ4n) is 1.52. The van der Waals surface area contributed by atoms with E-state index in [1.165, 1.54) is 0 Å². The maximum Gasteiger partial charge on any atom is 0.126 e. The molecule has 0 unspecified atom stereocenters. The molecule has 0 aliphatic rings. The van der Waals surface area contributed by atoms with E-state index in [2.05, 4.69) is 32.7 Å². The van der Waals surface area contributed by atoms with Crippen LogP contribution >= 0.6 is 15.9 Å². The lowest BCUT2D eigenvalue weighted by Crippen LogP contribution is -1.89. The molecule has 1 heterocycles. The zero-order valence-corrected chi connectivity index (χ0v) is 10.5. The van der Waals surface area contributed by atoms with Gasteiger partial charge in [0.15, 0.2) is 0 Å². The number of H-pyrrole nitrogens is 1. The third kappa shape index (κ3) is 2.02. The smallest absolute Gasteiger partial charge is 0.126 e. The van der Waals surface area contributed by atoms with Crippen LogP contribution < -0.4 is 5.73 Å².